The molecule has 2 aromatic carbocycles. The Balaban J connectivity index is 1.92. The summed E-state index contributed by atoms with van der Waals surface area (Å²) in [6.07, 6.45) is 2.28. The molecule has 0 fully saturated rings. The Bertz CT molecular complexity index is 504. The van der Waals surface area contributed by atoms with Crippen LogP contribution in [-0.4, -0.2) is 0 Å². The van der Waals surface area contributed by atoms with Crippen molar-refractivity contribution in [1.29, 1.82) is 0 Å². The molecule has 0 aliphatic carbocycles. The summed E-state index contributed by atoms with van der Waals surface area (Å²) in [6.45, 7) is 8.85. The summed E-state index contributed by atoms with van der Waals surface area (Å²) in [5, 5.41) is 0. The lowest BCUT2D eigenvalue weighted by molar-refractivity contribution is -0.0999. The molecule has 2 unspecified atom stereocenters. The second-order valence-corrected chi connectivity index (χ2v) is 5.92. The van der Waals surface area contributed by atoms with Gasteiger partial charge in [-0.2, -0.15) is 0 Å². The molecular weight excluding hydrogens is 272 g/mol. The van der Waals surface area contributed by atoms with Crippen LogP contribution in [0.15, 0.2) is 48.5 Å². The molecule has 2 rings (SSSR count). The van der Waals surface area contributed by atoms with Crippen LogP contribution in [0, 0.1) is 0 Å². The average Bonchev–Trinajstić information content (AvgIpc) is 2.59. The summed E-state index contributed by atoms with van der Waals surface area (Å²) >= 11 is 0. The lowest BCUT2D eigenvalue weighted by Gasteiger charge is -2.11. The van der Waals surface area contributed by atoms with Crippen LogP contribution in [0.25, 0.3) is 0 Å². The predicted molar refractivity (Wildman–Crippen MR) is 91.6 cm³/mol. The van der Waals surface area contributed by atoms with Crippen molar-refractivity contribution < 1.29 is 9.78 Å². The van der Waals surface area contributed by atoms with Gasteiger partial charge in [0.25, 0.3) is 0 Å². The summed E-state index contributed by atoms with van der Waals surface area (Å²) in [5.41, 5.74) is 2.65. The van der Waals surface area contributed by atoms with Crippen LogP contribution in [0.3, 0.4) is 0 Å². The van der Waals surface area contributed by atoms with Crippen molar-refractivity contribution in [2.75, 3.05) is 0 Å². The minimum absolute atomic E-state index is 0.572. The number of hydrogen-bond acceptors (Lipinski definition) is 2. The van der Waals surface area contributed by atoms with Crippen LogP contribution in [0.4, 0.5) is 0 Å². The van der Waals surface area contributed by atoms with Gasteiger partial charge in [0.2, 0.25) is 0 Å². The van der Waals surface area contributed by atoms with Gasteiger partial charge in [-0.25, -0.2) is 0 Å². The van der Waals surface area contributed by atoms with E-state index >= 15 is 0 Å². The van der Waals surface area contributed by atoms with E-state index < -0.39 is 0 Å². The third kappa shape index (κ3) is 4.27. The van der Waals surface area contributed by atoms with E-state index in [2.05, 4.69) is 52.0 Å². The monoisotopic (exact) mass is 298 g/mol. The minimum atomic E-state index is 0.572. The molecule has 0 heterocycles. The molecule has 2 aromatic rings. The fourth-order valence-electron chi connectivity index (χ4n) is 2.27. The van der Waals surface area contributed by atoms with Gasteiger partial charge in [-0.1, -0.05) is 52.0 Å². The molecule has 0 saturated heterocycles. The molecular formula is C20H26O2. The van der Waals surface area contributed by atoms with E-state index in [1.807, 2.05) is 24.3 Å². The SMILES string of the molecule is CCC(C)c1ccc(OOc2ccc(C(C)CC)cc2)cc1. The predicted octanol–water partition coefficient (Wildman–Crippen LogP) is 6.09. The molecule has 0 bridgehead atoms. The molecule has 0 aliphatic rings. The first-order chi connectivity index (χ1) is 10.6. The zero-order valence-corrected chi connectivity index (χ0v) is 14.0. The van der Waals surface area contributed by atoms with Crippen LogP contribution in [0.5, 0.6) is 11.5 Å². The fourth-order valence-corrected chi connectivity index (χ4v) is 2.27. The molecule has 118 valence electrons. The second kappa shape index (κ2) is 7.88. The van der Waals surface area contributed by atoms with E-state index in [1.54, 1.807) is 0 Å². The van der Waals surface area contributed by atoms with Crippen molar-refractivity contribution in [3.8, 4) is 11.5 Å². The summed E-state index contributed by atoms with van der Waals surface area (Å²) < 4.78 is 0. The van der Waals surface area contributed by atoms with E-state index in [0.29, 0.717) is 11.8 Å². The second-order valence-electron chi connectivity index (χ2n) is 5.92. The molecule has 0 radical (unpaired) electrons. The number of benzene rings is 2. The Labute approximate surface area is 134 Å². The Hall–Kier alpha value is -1.96. The molecule has 0 spiro atoms. The van der Waals surface area contributed by atoms with Gasteiger partial charge < -0.3 is 0 Å². The van der Waals surface area contributed by atoms with Gasteiger partial charge in [0.1, 0.15) is 0 Å². The van der Waals surface area contributed by atoms with Crippen LogP contribution in [-0.2, 0) is 0 Å². The molecule has 2 atom stereocenters. The molecule has 0 aromatic heterocycles. The Morgan fingerprint density at radius 2 is 0.955 bits per heavy atom. The maximum atomic E-state index is 5.39. The highest BCUT2D eigenvalue weighted by molar-refractivity contribution is 5.31. The van der Waals surface area contributed by atoms with E-state index in [1.165, 1.54) is 11.1 Å². The van der Waals surface area contributed by atoms with Crippen molar-refractivity contribution in [2.24, 2.45) is 0 Å². The quantitative estimate of drug-likeness (QED) is 0.455. The summed E-state index contributed by atoms with van der Waals surface area (Å²) in [7, 11) is 0. The van der Waals surface area contributed by atoms with Crippen molar-refractivity contribution in [3.05, 3.63) is 59.7 Å². The number of hydrogen-bond donors (Lipinski definition) is 0. The molecule has 2 heteroatoms. The molecule has 0 saturated carbocycles. The highest BCUT2D eigenvalue weighted by Crippen LogP contribution is 2.24. The fraction of sp³-hybridized carbons (Fsp3) is 0.400. The maximum Gasteiger partial charge on any atom is 0.178 e. The zero-order chi connectivity index (χ0) is 15.9. The van der Waals surface area contributed by atoms with E-state index in [0.717, 1.165) is 24.3 Å². The summed E-state index contributed by atoms with van der Waals surface area (Å²) in [4.78, 5) is 10.8. The van der Waals surface area contributed by atoms with Gasteiger partial charge >= 0.3 is 0 Å². The van der Waals surface area contributed by atoms with Gasteiger partial charge in [0.05, 0.1) is 0 Å². The van der Waals surface area contributed by atoms with Crippen LogP contribution in [0.1, 0.15) is 63.5 Å². The Morgan fingerprint density at radius 3 is 1.23 bits per heavy atom. The highest BCUT2D eigenvalue weighted by Gasteiger charge is 2.05. The number of rotatable bonds is 7. The van der Waals surface area contributed by atoms with Gasteiger partial charge in [-0.05, 0) is 60.1 Å². The highest BCUT2D eigenvalue weighted by atomic mass is 17.2. The molecule has 0 aliphatic heterocycles. The first-order valence-corrected chi connectivity index (χ1v) is 8.18. The first-order valence-electron chi connectivity index (χ1n) is 8.18. The van der Waals surface area contributed by atoms with Gasteiger partial charge in [0, 0.05) is 0 Å². The summed E-state index contributed by atoms with van der Waals surface area (Å²) in [5.74, 6) is 2.59. The van der Waals surface area contributed by atoms with Crippen LogP contribution >= 0.6 is 0 Å². The minimum Gasteiger partial charge on any atom is -0.290 e. The molecule has 2 nitrogen and oxygen atoms in total. The van der Waals surface area contributed by atoms with Crippen molar-refractivity contribution in [3.63, 3.8) is 0 Å². The van der Waals surface area contributed by atoms with E-state index in [9.17, 15) is 0 Å². The third-order valence-corrected chi connectivity index (χ3v) is 4.36. The molecule has 0 amide bonds. The first kappa shape index (κ1) is 16.4. The lowest BCUT2D eigenvalue weighted by atomic mass is 9.99. The zero-order valence-electron chi connectivity index (χ0n) is 14.0. The van der Waals surface area contributed by atoms with Crippen molar-refractivity contribution >= 4 is 0 Å². The van der Waals surface area contributed by atoms with Gasteiger partial charge in [-0.3, -0.25) is 9.78 Å². The normalized spacial score (nSPS) is 13.5. The molecule has 22 heavy (non-hydrogen) atoms. The Kier molecular flexibility index (Phi) is 5.88. The lowest BCUT2D eigenvalue weighted by Crippen LogP contribution is -2.01. The topological polar surface area (TPSA) is 18.5 Å². The van der Waals surface area contributed by atoms with Gasteiger partial charge in [0.15, 0.2) is 11.5 Å². The summed E-state index contributed by atoms with van der Waals surface area (Å²) in [6, 6.07) is 16.2. The smallest absolute Gasteiger partial charge is 0.178 e. The Morgan fingerprint density at radius 1 is 0.636 bits per heavy atom. The standard InChI is InChI=1S/C20H26O2/c1-5-15(3)17-7-11-19(12-8-17)21-22-20-13-9-18(10-14-20)16(4)6-2/h7-16H,5-6H2,1-4H3. The average molecular weight is 298 g/mol. The van der Waals surface area contributed by atoms with Crippen LogP contribution < -0.4 is 9.78 Å². The third-order valence-electron chi connectivity index (χ3n) is 4.36. The van der Waals surface area contributed by atoms with Crippen LogP contribution in [0.2, 0.25) is 0 Å². The van der Waals surface area contributed by atoms with E-state index in [4.69, 9.17) is 9.78 Å². The van der Waals surface area contributed by atoms with E-state index in [-0.39, 0.29) is 0 Å². The van der Waals surface area contributed by atoms with Gasteiger partial charge in [-0.15, -0.1) is 0 Å². The largest absolute Gasteiger partial charge is 0.290 e. The van der Waals surface area contributed by atoms with Crippen molar-refractivity contribution in [2.45, 2.75) is 52.4 Å². The maximum absolute atomic E-state index is 5.39. The van der Waals surface area contributed by atoms with Crippen molar-refractivity contribution in [1.82, 2.24) is 0 Å². The molecule has 0 N–H and O–H groups in total.